The average molecular weight is 464 g/mol. The van der Waals surface area contributed by atoms with Gasteiger partial charge in [0, 0.05) is 31.0 Å². The number of hydrogen-bond acceptors (Lipinski definition) is 5. The van der Waals surface area contributed by atoms with Crippen LogP contribution in [-0.4, -0.2) is 48.4 Å². The average Bonchev–Trinajstić information content (AvgIpc) is 3.01. The molecule has 2 aromatic rings. The summed E-state index contributed by atoms with van der Waals surface area (Å²) in [5, 5.41) is 0.756. The van der Waals surface area contributed by atoms with Crippen molar-refractivity contribution in [3.8, 4) is 5.75 Å². The van der Waals surface area contributed by atoms with Crippen LogP contribution in [0.25, 0.3) is 0 Å². The van der Waals surface area contributed by atoms with Crippen LogP contribution in [0.3, 0.4) is 0 Å². The lowest BCUT2D eigenvalue weighted by molar-refractivity contribution is -0.136. The maximum Gasteiger partial charge on any atom is 0.261 e. The molecule has 0 spiro atoms. The minimum absolute atomic E-state index is 0.0630. The summed E-state index contributed by atoms with van der Waals surface area (Å²) in [7, 11) is -3.15. The van der Waals surface area contributed by atoms with E-state index >= 15 is 0 Å². The molecular weight excluding hydrogens is 447 g/mol. The number of halogens is 3. The van der Waals surface area contributed by atoms with E-state index in [4.69, 9.17) is 39.5 Å². The van der Waals surface area contributed by atoms with Crippen molar-refractivity contribution in [2.24, 2.45) is 0 Å². The first-order valence-corrected chi connectivity index (χ1v) is 11.4. The second-order valence-corrected chi connectivity index (χ2v) is 9.88. The third kappa shape index (κ3) is 5.29. The van der Waals surface area contributed by atoms with Gasteiger partial charge in [0.05, 0.1) is 26.6 Å². The summed E-state index contributed by atoms with van der Waals surface area (Å²) in [6.07, 6.45) is 3.66. The number of rotatable bonds is 6. The highest BCUT2D eigenvalue weighted by molar-refractivity contribution is 7.91. The normalized spacial score (nSPS) is 18.0. The van der Waals surface area contributed by atoms with Crippen LogP contribution in [0, 0.1) is 0 Å². The number of ether oxygens (including phenoxy) is 1. The molecule has 1 amide bonds. The Morgan fingerprint density at radius 3 is 2.61 bits per heavy atom. The van der Waals surface area contributed by atoms with Gasteiger partial charge in [-0.2, -0.15) is 0 Å². The van der Waals surface area contributed by atoms with E-state index in [-0.39, 0.29) is 51.4 Å². The van der Waals surface area contributed by atoms with Crippen molar-refractivity contribution in [1.82, 2.24) is 9.88 Å². The van der Waals surface area contributed by atoms with Crippen molar-refractivity contribution in [3.63, 3.8) is 0 Å². The number of sulfone groups is 1. The Labute approximate surface area is 178 Å². The second-order valence-electron chi connectivity index (χ2n) is 6.43. The maximum atomic E-state index is 12.9. The third-order valence-corrected chi connectivity index (χ3v) is 7.14. The third-order valence-electron chi connectivity index (χ3n) is 4.37. The zero-order valence-electron chi connectivity index (χ0n) is 14.6. The van der Waals surface area contributed by atoms with Gasteiger partial charge in [-0.05, 0) is 24.1 Å². The summed E-state index contributed by atoms with van der Waals surface area (Å²) >= 11 is 17.9. The van der Waals surface area contributed by atoms with Crippen LogP contribution in [0.5, 0.6) is 5.75 Å². The number of carbonyl (C=O) groups excluding carboxylic acids is 1. The number of nitrogens with zero attached hydrogens (tertiary/aromatic N) is 2. The van der Waals surface area contributed by atoms with Crippen molar-refractivity contribution in [2.75, 3.05) is 18.1 Å². The Bertz CT molecular complexity index is 970. The first-order valence-electron chi connectivity index (χ1n) is 8.41. The van der Waals surface area contributed by atoms with E-state index in [1.54, 1.807) is 18.5 Å². The Morgan fingerprint density at radius 2 is 1.96 bits per heavy atom. The molecule has 0 saturated carbocycles. The lowest BCUT2D eigenvalue weighted by Crippen LogP contribution is -2.43. The van der Waals surface area contributed by atoms with Gasteiger partial charge in [-0.3, -0.25) is 9.78 Å². The summed E-state index contributed by atoms with van der Waals surface area (Å²) in [4.78, 5) is 18.4. The Hall–Kier alpha value is -1.54. The van der Waals surface area contributed by atoms with Crippen molar-refractivity contribution < 1.29 is 17.9 Å². The molecule has 1 atom stereocenters. The first kappa shape index (κ1) is 21.2. The van der Waals surface area contributed by atoms with E-state index in [9.17, 15) is 13.2 Å². The molecular formula is C18H17Cl3N2O4S. The molecule has 3 rings (SSSR count). The van der Waals surface area contributed by atoms with Crippen molar-refractivity contribution >= 4 is 50.5 Å². The van der Waals surface area contributed by atoms with Crippen LogP contribution in [0.15, 0.2) is 36.7 Å². The number of pyridine rings is 1. The highest BCUT2D eigenvalue weighted by Gasteiger charge is 2.35. The van der Waals surface area contributed by atoms with Crippen LogP contribution in [0.2, 0.25) is 15.1 Å². The molecule has 28 heavy (non-hydrogen) atoms. The van der Waals surface area contributed by atoms with Gasteiger partial charge in [0.25, 0.3) is 5.91 Å². The molecule has 1 fully saturated rings. The fraction of sp³-hybridized carbons (Fsp3) is 0.333. The summed E-state index contributed by atoms with van der Waals surface area (Å²) in [5.41, 5.74) is 0.799. The summed E-state index contributed by atoms with van der Waals surface area (Å²) in [6, 6.07) is 6.04. The summed E-state index contributed by atoms with van der Waals surface area (Å²) in [5.74, 6) is -0.126. The van der Waals surface area contributed by atoms with Crippen LogP contribution >= 0.6 is 34.8 Å². The minimum Gasteiger partial charge on any atom is -0.482 e. The highest BCUT2D eigenvalue weighted by atomic mass is 35.5. The second kappa shape index (κ2) is 8.86. The van der Waals surface area contributed by atoms with Crippen molar-refractivity contribution in [1.29, 1.82) is 0 Å². The molecule has 1 aromatic heterocycles. The zero-order valence-corrected chi connectivity index (χ0v) is 17.7. The molecule has 0 radical (unpaired) electrons. The quantitative estimate of drug-likeness (QED) is 0.611. The van der Waals surface area contributed by atoms with E-state index in [0.29, 0.717) is 6.42 Å². The van der Waals surface area contributed by atoms with Gasteiger partial charge in [-0.25, -0.2) is 8.42 Å². The smallest absolute Gasteiger partial charge is 0.261 e. The van der Waals surface area contributed by atoms with Crippen LogP contribution in [0.4, 0.5) is 0 Å². The molecule has 10 heteroatoms. The van der Waals surface area contributed by atoms with Gasteiger partial charge in [0.1, 0.15) is 5.75 Å². The van der Waals surface area contributed by atoms with Crippen molar-refractivity contribution in [3.05, 3.63) is 57.3 Å². The molecule has 1 aromatic carbocycles. The predicted octanol–water partition coefficient (Wildman–Crippen LogP) is 3.64. The van der Waals surface area contributed by atoms with Gasteiger partial charge in [-0.1, -0.05) is 40.9 Å². The van der Waals surface area contributed by atoms with Crippen LogP contribution in [0.1, 0.15) is 12.0 Å². The van der Waals surface area contributed by atoms with E-state index in [0.717, 1.165) is 5.56 Å². The van der Waals surface area contributed by atoms with E-state index in [1.165, 1.54) is 17.0 Å². The fourth-order valence-corrected chi connectivity index (χ4v) is 5.29. The fourth-order valence-electron chi connectivity index (χ4n) is 2.97. The van der Waals surface area contributed by atoms with Crippen LogP contribution < -0.4 is 4.74 Å². The Balaban J connectivity index is 1.75. The highest BCUT2D eigenvalue weighted by Crippen LogP contribution is 2.34. The van der Waals surface area contributed by atoms with Crippen LogP contribution in [-0.2, 0) is 21.2 Å². The topological polar surface area (TPSA) is 76.6 Å². The van der Waals surface area contributed by atoms with Crippen molar-refractivity contribution in [2.45, 2.75) is 19.0 Å². The molecule has 1 aliphatic heterocycles. The summed E-state index contributed by atoms with van der Waals surface area (Å²) < 4.78 is 29.3. The standard InChI is InChI=1S/C18H17Cl3N2O4S/c19-14-6-16(21)17(7-15(14)20)27-10-18(24)23(9-12-2-1-4-22-8-12)13-3-5-28(25,26)11-13/h1-2,4,6-8,13H,3,5,9-11H2/t13-/m1/s1. The molecule has 0 N–H and O–H groups in total. The monoisotopic (exact) mass is 462 g/mol. The maximum absolute atomic E-state index is 12.9. The molecule has 150 valence electrons. The molecule has 0 aliphatic carbocycles. The number of carbonyl (C=O) groups is 1. The lowest BCUT2D eigenvalue weighted by Gasteiger charge is -2.28. The molecule has 0 bridgehead atoms. The first-order chi connectivity index (χ1) is 13.2. The predicted molar refractivity (Wildman–Crippen MR) is 109 cm³/mol. The van der Waals surface area contributed by atoms with Gasteiger partial charge in [0.2, 0.25) is 0 Å². The van der Waals surface area contributed by atoms with Gasteiger partial charge >= 0.3 is 0 Å². The largest absolute Gasteiger partial charge is 0.482 e. The minimum atomic E-state index is -3.15. The molecule has 1 aliphatic rings. The van der Waals surface area contributed by atoms with Gasteiger partial charge in [-0.15, -0.1) is 0 Å². The Morgan fingerprint density at radius 1 is 1.21 bits per heavy atom. The lowest BCUT2D eigenvalue weighted by atomic mass is 10.2. The SMILES string of the molecule is O=C(COc1cc(Cl)c(Cl)cc1Cl)N(Cc1cccnc1)[C@@H]1CCS(=O)(=O)C1. The van der Waals surface area contributed by atoms with E-state index in [1.807, 2.05) is 6.07 Å². The molecule has 6 nitrogen and oxygen atoms in total. The van der Waals surface area contributed by atoms with E-state index in [2.05, 4.69) is 4.98 Å². The number of hydrogen-bond donors (Lipinski definition) is 0. The van der Waals surface area contributed by atoms with E-state index < -0.39 is 15.9 Å². The molecule has 0 unspecified atom stereocenters. The molecule has 2 heterocycles. The number of aromatic nitrogens is 1. The number of benzene rings is 1. The number of amides is 1. The zero-order chi connectivity index (χ0) is 20.3. The van der Waals surface area contributed by atoms with Gasteiger partial charge < -0.3 is 9.64 Å². The summed E-state index contributed by atoms with van der Waals surface area (Å²) in [6.45, 7) is -0.0696. The van der Waals surface area contributed by atoms with Gasteiger partial charge in [0.15, 0.2) is 16.4 Å². The molecule has 1 saturated heterocycles. The Kier molecular flexibility index (Phi) is 6.70.